The molecule has 6 atom stereocenters. The molecule has 1 unspecified atom stereocenters. The summed E-state index contributed by atoms with van der Waals surface area (Å²) in [5, 5.41) is 0.430. The number of fused-ring (bicyclic) bond motifs is 5. The monoisotopic (exact) mass is 406 g/mol. The van der Waals surface area contributed by atoms with Crippen molar-refractivity contribution < 1.29 is 18.7 Å². The van der Waals surface area contributed by atoms with Gasteiger partial charge in [0, 0.05) is 23.0 Å². The number of carbonyl (C=O) groups is 2. The van der Waals surface area contributed by atoms with Crippen LogP contribution in [0.25, 0.3) is 0 Å². The van der Waals surface area contributed by atoms with Gasteiger partial charge in [-0.1, -0.05) is 18.6 Å². The highest BCUT2D eigenvalue weighted by Gasteiger charge is 2.67. The second-order valence-electron chi connectivity index (χ2n) is 9.26. The van der Waals surface area contributed by atoms with E-state index in [9.17, 15) is 9.59 Å². The van der Waals surface area contributed by atoms with E-state index in [-0.39, 0.29) is 29.0 Å². The first-order valence-corrected chi connectivity index (χ1v) is 11.7. The van der Waals surface area contributed by atoms with E-state index >= 15 is 4.39 Å². The van der Waals surface area contributed by atoms with Gasteiger partial charge in [-0.2, -0.15) is 11.8 Å². The molecule has 0 saturated heterocycles. The predicted molar refractivity (Wildman–Crippen MR) is 110 cm³/mol. The fraction of sp³-hybridized carbons (Fsp3) is 0.739. The van der Waals surface area contributed by atoms with Crippen LogP contribution in [0.15, 0.2) is 23.8 Å². The minimum atomic E-state index is -1.33. The Labute approximate surface area is 171 Å². The summed E-state index contributed by atoms with van der Waals surface area (Å²) in [4.78, 5) is 23.5. The summed E-state index contributed by atoms with van der Waals surface area (Å²) in [5.74, 6) is 0.958. The largest absolute Gasteiger partial charge is 0.465 e. The van der Waals surface area contributed by atoms with Crippen LogP contribution in [0.5, 0.6) is 0 Å². The van der Waals surface area contributed by atoms with Gasteiger partial charge in [-0.25, -0.2) is 4.39 Å². The zero-order chi connectivity index (χ0) is 20.2. The van der Waals surface area contributed by atoms with Crippen molar-refractivity contribution in [3.63, 3.8) is 0 Å². The Morgan fingerprint density at radius 2 is 2.07 bits per heavy atom. The lowest BCUT2D eigenvalue weighted by Crippen LogP contribution is -2.61. The molecule has 0 aromatic carbocycles. The van der Waals surface area contributed by atoms with Crippen molar-refractivity contribution in [1.29, 1.82) is 0 Å². The molecule has 5 heteroatoms. The number of halogens is 1. The van der Waals surface area contributed by atoms with E-state index in [4.69, 9.17) is 4.74 Å². The van der Waals surface area contributed by atoms with Gasteiger partial charge in [-0.15, -0.1) is 0 Å². The second kappa shape index (κ2) is 7.00. The zero-order valence-electron chi connectivity index (χ0n) is 17.1. The minimum absolute atomic E-state index is 0.0187. The number of hydrogen-bond acceptors (Lipinski definition) is 4. The van der Waals surface area contributed by atoms with Gasteiger partial charge in [0.1, 0.15) is 5.67 Å². The van der Waals surface area contributed by atoms with Crippen LogP contribution in [0.1, 0.15) is 59.3 Å². The Balaban J connectivity index is 1.71. The normalized spacial score (nSPS) is 44.4. The van der Waals surface area contributed by atoms with Gasteiger partial charge < -0.3 is 4.74 Å². The molecule has 3 fully saturated rings. The molecule has 3 nitrogen and oxygen atoms in total. The van der Waals surface area contributed by atoms with Crippen LogP contribution >= 0.6 is 11.8 Å². The lowest BCUT2D eigenvalue weighted by atomic mass is 9.46. The first-order chi connectivity index (χ1) is 13.3. The highest BCUT2D eigenvalue weighted by molar-refractivity contribution is 7.99. The third-order valence-electron chi connectivity index (χ3n) is 8.21. The smallest absolute Gasteiger partial charge is 0.302 e. The lowest BCUT2D eigenvalue weighted by molar-refractivity contribution is -0.158. The van der Waals surface area contributed by atoms with Gasteiger partial charge in [-0.3, -0.25) is 9.59 Å². The predicted octanol–water partition coefficient (Wildman–Crippen LogP) is 5.05. The van der Waals surface area contributed by atoms with Crippen LogP contribution in [0.2, 0.25) is 0 Å². The molecule has 0 aromatic rings. The number of allylic oxidation sites excluding steroid dienone is 4. The summed E-state index contributed by atoms with van der Waals surface area (Å²) < 4.78 is 22.4. The maximum Gasteiger partial charge on any atom is 0.302 e. The maximum atomic E-state index is 16.9. The molecule has 0 aliphatic heterocycles. The Morgan fingerprint density at radius 1 is 1.29 bits per heavy atom. The van der Waals surface area contributed by atoms with Gasteiger partial charge in [0.2, 0.25) is 0 Å². The van der Waals surface area contributed by atoms with Gasteiger partial charge >= 0.3 is 5.97 Å². The average molecular weight is 407 g/mol. The molecule has 0 amide bonds. The molecule has 28 heavy (non-hydrogen) atoms. The van der Waals surface area contributed by atoms with Gasteiger partial charge in [-0.05, 0) is 75.2 Å². The molecule has 154 valence electrons. The van der Waals surface area contributed by atoms with Gasteiger partial charge in [0.05, 0.1) is 6.61 Å². The van der Waals surface area contributed by atoms with Crippen molar-refractivity contribution in [3.05, 3.63) is 23.8 Å². The zero-order valence-corrected chi connectivity index (χ0v) is 17.9. The molecule has 4 aliphatic carbocycles. The van der Waals surface area contributed by atoms with E-state index in [2.05, 4.69) is 6.92 Å². The Kier molecular flexibility index (Phi) is 5.05. The van der Waals surface area contributed by atoms with Crippen LogP contribution in [0.4, 0.5) is 4.39 Å². The molecular weight excluding hydrogens is 375 g/mol. The Hall–Kier alpha value is -1.10. The van der Waals surface area contributed by atoms with Gasteiger partial charge in [0.25, 0.3) is 0 Å². The quantitative estimate of drug-likeness (QED) is 0.613. The number of ketones is 1. The SMILES string of the molecule is CCSC1CC[C@H]2[C@@H]3CCC4=CC(=O)C=C[C@]4(C)[C@@]3(F)CC[C@]12COC(C)=O. The van der Waals surface area contributed by atoms with E-state index in [1.165, 1.54) is 6.92 Å². The summed E-state index contributed by atoms with van der Waals surface area (Å²) >= 11 is 1.95. The molecule has 3 saturated carbocycles. The lowest BCUT2D eigenvalue weighted by Gasteiger charge is -2.60. The maximum absolute atomic E-state index is 16.9. The number of thioether (sulfide) groups is 1. The van der Waals surface area contributed by atoms with Crippen LogP contribution in [-0.4, -0.2) is 35.0 Å². The molecule has 0 N–H and O–H groups in total. The third-order valence-corrected chi connectivity index (χ3v) is 9.65. The van der Waals surface area contributed by atoms with E-state index in [0.717, 1.165) is 43.4 Å². The van der Waals surface area contributed by atoms with Crippen molar-refractivity contribution in [2.24, 2.45) is 22.7 Å². The standard InChI is InChI=1S/C23H31FO3S/c1-4-28-20-8-7-18-19-6-5-16-13-17(26)9-10-21(16,3)23(19,24)12-11-22(18,20)14-27-15(2)25/h9-10,13,18-20H,4-8,11-12,14H2,1-3H3/t18-,19-,20?,21-,22+,23+/m0/s1. The minimum Gasteiger partial charge on any atom is -0.465 e. The van der Waals surface area contributed by atoms with Crippen LogP contribution < -0.4 is 0 Å². The number of ether oxygens (including phenoxy) is 1. The molecule has 0 aromatic heterocycles. The van der Waals surface area contributed by atoms with E-state index < -0.39 is 11.1 Å². The van der Waals surface area contributed by atoms with Crippen LogP contribution in [-0.2, 0) is 14.3 Å². The van der Waals surface area contributed by atoms with Crippen molar-refractivity contribution >= 4 is 23.5 Å². The number of esters is 1. The van der Waals surface area contributed by atoms with Crippen LogP contribution in [0, 0.1) is 22.7 Å². The first-order valence-electron chi connectivity index (χ1n) is 10.6. The summed E-state index contributed by atoms with van der Waals surface area (Å²) in [6.45, 7) is 6.04. The number of alkyl halides is 1. The molecule has 0 bridgehead atoms. The number of rotatable bonds is 4. The Morgan fingerprint density at radius 3 is 2.79 bits per heavy atom. The Bertz CT molecular complexity index is 746. The molecule has 0 radical (unpaired) electrons. The van der Waals surface area contributed by atoms with Crippen LogP contribution in [0.3, 0.4) is 0 Å². The fourth-order valence-electron chi connectivity index (χ4n) is 6.82. The van der Waals surface area contributed by atoms with Crippen molar-refractivity contribution in [3.8, 4) is 0 Å². The third kappa shape index (κ3) is 2.75. The summed E-state index contributed by atoms with van der Waals surface area (Å²) in [7, 11) is 0. The number of hydrogen-bond donors (Lipinski definition) is 0. The topological polar surface area (TPSA) is 43.4 Å². The van der Waals surface area contributed by atoms with Crippen molar-refractivity contribution in [2.45, 2.75) is 70.2 Å². The summed E-state index contributed by atoms with van der Waals surface area (Å²) in [5.41, 5.74) is -1.17. The van der Waals surface area contributed by atoms with Crippen molar-refractivity contribution in [2.75, 3.05) is 12.4 Å². The van der Waals surface area contributed by atoms with Crippen molar-refractivity contribution in [1.82, 2.24) is 0 Å². The molecular formula is C23H31FO3S. The molecule has 4 aliphatic rings. The van der Waals surface area contributed by atoms with E-state index in [1.54, 1.807) is 12.2 Å². The summed E-state index contributed by atoms with van der Waals surface area (Å²) in [6, 6.07) is 0. The van der Waals surface area contributed by atoms with E-state index in [1.807, 2.05) is 24.8 Å². The molecule has 0 spiro atoms. The highest BCUT2D eigenvalue weighted by Crippen LogP contribution is 2.69. The highest BCUT2D eigenvalue weighted by atomic mass is 32.2. The van der Waals surface area contributed by atoms with E-state index in [0.29, 0.717) is 18.3 Å². The fourth-order valence-corrected chi connectivity index (χ4v) is 8.22. The molecule has 4 rings (SSSR count). The molecule has 0 heterocycles. The average Bonchev–Trinajstić information content (AvgIpc) is 3.00. The first kappa shape index (κ1) is 20.2. The second-order valence-corrected chi connectivity index (χ2v) is 10.7. The number of carbonyl (C=O) groups excluding carboxylic acids is 2. The summed E-state index contributed by atoms with van der Waals surface area (Å²) in [6.07, 6.45) is 9.94. The van der Waals surface area contributed by atoms with Gasteiger partial charge in [0.15, 0.2) is 5.78 Å².